The van der Waals surface area contributed by atoms with Crippen LogP contribution in [0.5, 0.6) is 0 Å². The maximum Gasteiger partial charge on any atom is 0.338 e. The Morgan fingerprint density at radius 2 is 2.10 bits per heavy atom. The number of thiophene rings is 1. The van der Waals surface area contributed by atoms with Gasteiger partial charge in [0.25, 0.3) is 0 Å². The lowest BCUT2D eigenvalue weighted by Crippen LogP contribution is -2.34. The molecule has 4 N–H and O–H groups in total. The van der Waals surface area contributed by atoms with Crippen LogP contribution in [-0.4, -0.2) is 35.4 Å². The third kappa shape index (κ3) is 3.49. The number of nitrogens with one attached hydrogen (secondary N) is 2. The first-order chi connectivity index (χ1) is 9.61. The Kier molecular flexibility index (Phi) is 4.97. The molecular weight excluding hydrogens is 280 g/mol. The number of anilines is 1. The summed E-state index contributed by atoms with van der Waals surface area (Å²) in [6.07, 6.45) is 3.08. The average Bonchev–Trinajstić information content (AvgIpc) is 3.04. The lowest BCUT2D eigenvalue weighted by atomic mass is 9.97. The van der Waals surface area contributed by atoms with E-state index in [1.807, 2.05) is 0 Å². The van der Waals surface area contributed by atoms with Crippen LogP contribution >= 0.6 is 11.3 Å². The number of aliphatic hydroxyl groups excluding tert-OH is 1. The van der Waals surface area contributed by atoms with Gasteiger partial charge in [0.05, 0.1) is 5.56 Å². The molecular formula is C13H18N2O4S. The van der Waals surface area contributed by atoms with E-state index in [9.17, 15) is 14.7 Å². The molecule has 7 heteroatoms. The van der Waals surface area contributed by atoms with Gasteiger partial charge in [0.1, 0.15) is 5.00 Å². The largest absolute Gasteiger partial charge is 0.478 e. The van der Waals surface area contributed by atoms with Gasteiger partial charge in [-0.2, -0.15) is 0 Å². The molecule has 1 heterocycles. The molecule has 2 rings (SSSR count). The van der Waals surface area contributed by atoms with Crippen molar-refractivity contribution in [2.75, 3.05) is 18.5 Å². The molecule has 20 heavy (non-hydrogen) atoms. The highest BCUT2D eigenvalue weighted by Crippen LogP contribution is 2.30. The standard InChI is InChI=1S/C13H18N2O4S/c16-7-9-3-1-2-8(9)6-14-13(19)15-11-10(12(17)18)4-5-20-11/h4-5,8-9,16H,1-3,6-7H2,(H,17,18)(H2,14,15,19). The van der Waals surface area contributed by atoms with E-state index in [0.29, 0.717) is 17.5 Å². The maximum absolute atomic E-state index is 11.8. The molecule has 1 aliphatic rings. The summed E-state index contributed by atoms with van der Waals surface area (Å²) in [7, 11) is 0. The average molecular weight is 298 g/mol. The second-order valence-corrected chi connectivity index (χ2v) is 5.85. The van der Waals surface area contributed by atoms with Crippen LogP contribution in [0.1, 0.15) is 29.6 Å². The molecule has 0 bridgehead atoms. The second kappa shape index (κ2) is 6.71. The van der Waals surface area contributed by atoms with Crippen molar-refractivity contribution in [2.24, 2.45) is 11.8 Å². The summed E-state index contributed by atoms with van der Waals surface area (Å²) in [6, 6.07) is 1.06. The molecule has 0 radical (unpaired) electrons. The molecule has 1 aromatic rings. The zero-order valence-corrected chi connectivity index (χ0v) is 11.8. The highest BCUT2D eigenvalue weighted by molar-refractivity contribution is 7.14. The van der Waals surface area contributed by atoms with Gasteiger partial charge in [0.15, 0.2) is 0 Å². The number of carbonyl (C=O) groups is 2. The summed E-state index contributed by atoms with van der Waals surface area (Å²) < 4.78 is 0. The van der Waals surface area contributed by atoms with Crippen molar-refractivity contribution < 1.29 is 19.8 Å². The molecule has 0 aliphatic heterocycles. The van der Waals surface area contributed by atoms with Crippen LogP contribution in [0.4, 0.5) is 9.80 Å². The molecule has 0 saturated heterocycles. The summed E-state index contributed by atoms with van der Waals surface area (Å²) in [4.78, 5) is 22.7. The van der Waals surface area contributed by atoms with E-state index in [4.69, 9.17) is 5.11 Å². The Bertz CT molecular complexity index is 488. The van der Waals surface area contributed by atoms with Gasteiger partial charge in [-0.3, -0.25) is 5.32 Å². The van der Waals surface area contributed by atoms with Gasteiger partial charge >= 0.3 is 12.0 Å². The fraction of sp³-hybridized carbons (Fsp3) is 0.538. The van der Waals surface area contributed by atoms with Crippen molar-refractivity contribution in [3.05, 3.63) is 17.0 Å². The molecule has 1 aliphatic carbocycles. The number of carbonyl (C=O) groups excluding carboxylic acids is 1. The number of urea groups is 1. The smallest absolute Gasteiger partial charge is 0.338 e. The predicted molar refractivity (Wildman–Crippen MR) is 76.2 cm³/mol. The van der Waals surface area contributed by atoms with Crippen molar-refractivity contribution in [3.63, 3.8) is 0 Å². The molecule has 110 valence electrons. The number of carboxylic acid groups (broad SMARTS) is 1. The third-order valence-electron chi connectivity index (χ3n) is 3.70. The van der Waals surface area contributed by atoms with Crippen LogP contribution in [0.2, 0.25) is 0 Å². The number of hydrogen-bond donors (Lipinski definition) is 4. The van der Waals surface area contributed by atoms with Gasteiger partial charge < -0.3 is 15.5 Å². The van der Waals surface area contributed by atoms with Crippen LogP contribution in [0.25, 0.3) is 0 Å². The van der Waals surface area contributed by atoms with E-state index in [1.54, 1.807) is 5.38 Å². The summed E-state index contributed by atoms with van der Waals surface area (Å²) in [5.41, 5.74) is 0.0965. The monoisotopic (exact) mass is 298 g/mol. The lowest BCUT2D eigenvalue weighted by molar-refractivity contribution is 0.0698. The normalized spacial score (nSPS) is 21.6. The SMILES string of the molecule is O=C(NCC1CCCC1CO)Nc1sccc1C(=O)O. The molecule has 1 aromatic heterocycles. The minimum Gasteiger partial charge on any atom is -0.478 e. The zero-order chi connectivity index (χ0) is 14.5. The summed E-state index contributed by atoms with van der Waals surface area (Å²) >= 11 is 1.18. The van der Waals surface area contributed by atoms with Gasteiger partial charge in [0, 0.05) is 13.2 Å². The van der Waals surface area contributed by atoms with Crippen LogP contribution < -0.4 is 10.6 Å². The fourth-order valence-electron chi connectivity index (χ4n) is 2.57. The number of amides is 2. The van der Waals surface area contributed by atoms with Gasteiger partial charge in [-0.15, -0.1) is 11.3 Å². The number of aromatic carboxylic acids is 1. The van der Waals surface area contributed by atoms with E-state index in [2.05, 4.69) is 10.6 Å². The Labute approximate surface area is 120 Å². The first-order valence-electron chi connectivity index (χ1n) is 6.58. The van der Waals surface area contributed by atoms with E-state index in [0.717, 1.165) is 19.3 Å². The quantitative estimate of drug-likeness (QED) is 0.668. The molecule has 0 aromatic carbocycles. The minimum atomic E-state index is -1.06. The van der Waals surface area contributed by atoms with Crippen molar-refractivity contribution in [3.8, 4) is 0 Å². The molecule has 1 fully saturated rings. The highest BCUT2D eigenvalue weighted by atomic mass is 32.1. The predicted octanol–water partition coefficient (Wildman–Crippen LogP) is 1.98. The van der Waals surface area contributed by atoms with Crippen molar-refractivity contribution in [1.82, 2.24) is 5.32 Å². The minimum absolute atomic E-state index is 0.0965. The summed E-state index contributed by atoms with van der Waals surface area (Å²) in [6.45, 7) is 0.660. The molecule has 6 nitrogen and oxygen atoms in total. The number of aliphatic hydroxyl groups is 1. The molecule has 0 spiro atoms. The van der Waals surface area contributed by atoms with Crippen molar-refractivity contribution in [2.45, 2.75) is 19.3 Å². The van der Waals surface area contributed by atoms with Gasteiger partial charge in [-0.05, 0) is 36.1 Å². The maximum atomic E-state index is 11.8. The Hall–Kier alpha value is -1.60. The second-order valence-electron chi connectivity index (χ2n) is 4.94. The van der Waals surface area contributed by atoms with Crippen LogP contribution in [0.3, 0.4) is 0 Å². The third-order valence-corrected chi connectivity index (χ3v) is 4.53. The van der Waals surface area contributed by atoms with E-state index in [-0.39, 0.29) is 18.1 Å². The van der Waals surface area contributed by atoms with Crippen LogP contribution in [0.15, 0.2) is 11.4 Å². The van der Waals surface area contributed by atoms with E-state index >= 15 is 0 Å². The summed E-state index contributed by atoms with van der Waals surface area (Å²) in [5.74, 6) is -0.502. The molecule has 2 atom stereocenters. The Morgan fingerprint density at radius 1 is 1.35 bits per heavy atom. The number of carboxylic acids is 1. The molecule has 1 saturated carbocycles. The van der Waals surface area contributed by atoms with Crippen molar-refractivity contribution >= 4 is 28.3 Å². The van der Waals surface area contributed by atoms with Crippen LogP contribution in [-0.2, 0) is 0 Å². The zero-order valence-electron chi connectivity index (χ0n) is 11.0. The van der Waals surface area contributed by atoms with Gasteiger partial charge in [0.2, 0.25) is 0 Å². The first kappa shape index (κ1) is 14.8. The first-order valence-corrected chi connectivity index (χ1v) is 7.46. The molecule has 2 unspecified atom stereocenters. The summed E-state index contributed by atoms with van der Waals surface area (Å²) in [5, 5.41) is 25.4. The van der Waals surface area contributed by atoms with Gasteiger partial charge in [-0.25, -0.2) is 9.59 Å². The Morgan fingerprint density at radius 3 is 2.80 bits per heavy atom. The number of rotatable bonds is 5. The molecule has 2 amide bonds. The fourth-order valence-corrected chi connectivity index (χ4v) is 3.34. The highest BCUT2D eigenvalue weighted by Gasteiger charge is 2.26. The van der Waals surface area contributed by atoms with Crippen LogP contribution in [0, 0.1) is 11.8 Å². The van der Waals surface area contributed by atoms with Gasteiger partial charge in [-0.1, -0.05) is 6.42 Å². The number of hydrogen-bond acceptors (Lipinski definition) is 4. The van der Waals surface area contributed by atoms with E-state index < -0.39 is 12.0 Å². The Balaban J connectivity index is 1.83. The topological polar surface area (TPSA) is 98.7 Å². The lowest BCUT2D eigenvalue weighted by Gasteiger charge is -2.17. The van der Waals surface area contributed by atoms with Crippen molar-refractivity contribution in [1.29, 1.82) is 0 Å². The van der Waals surface area contributed by atoms with E-state index in [1.165, 1.54) is 17.4 Å².